The predicted octanol–water partition coefficient (Wildman–Crippen LogP) is 2.37. The van der Waals surface area contributed by atoms with Crippen molar-refractivity contribution in [2.24, 2.45) is 5.92 Å². The van der Waals surface area contributed by atoms with Crippen LogP contribution in [0.3, 0.4) is 0 Å². The molecule has 0 aliphatic carbocycles. The van der Waals surface area contributed by atoms with E-state index in [1.165, 1.54) is 0 Å². The summed E-state index contributed by atoms with van der Waals surface area (Å²) in [7, 11) is 0. The highest BCUT2D eigenvalue weighted by atomic mass is 16.3. The number of rotatable bonds is 2. The Morgan fingerprint density at radius 2 is 1.57 bits per heavy atom. The lowest BCUT2D eigenvalue weighted by atomic mass is 10.00. The van der Waals surface area contributed by atoms with Gasteiger partial charge in [0.05, 0.1) is 6.10 Å². The van der Waals surface area contributed by atoms with Gasteiger partial charge in [-0.05, 0) is 18.4 Å². The molecule has 2 nitrogen and oxygen atoms in total. The van der Waals surface area contributed by atoms with E-state index in [-0.39, 0.29) is 18.6 Å². The van der Waals surface area contributed by atoms with Gasteiger partial charge in [-0.15, -0.1) is 0 Å². The largest absolute Gasteiger partial charge is 0.397 e. The maximum atomic E-state index is 9.60. The van der Waals surface area contributed by atoms with Gasteiger partial charge in [0, 0.05) is 6.61 Å². The SMILES string of the molecule is CC(C)C(O)c1ccccc1.CCO. The van der Waals surface area contributed by atoms with Gasteiger partial charge < -0.3 is 10.2 Å². The second-order valence-corrected chi connectivity index (χ2v) is 3.42. The molecule has 0 aromatic heterocycles. The topological polar surface area (TPSA) is 40.5 Å². The summed E-state index contributed by atoms with van der Waals surface area (Å²) in [5, 5.41) is 17.2. The second-order valence-electron chi connectivity index (χ2n) is 3.42. The van der Waals surface area contributed by atoms with Gasteiger partial charge in [0.25, 0.3) is 0 Å². The average Bonchev–Trinajstić information content (AvgIpc) is 2.19. The molecular formula is C12H20O2. The van der Waals surface area contributed by atoms with Gasteiger partial charge in [0.2, 0.25) is 0 Å². The van der Waals surface area contributed by atoms with Crippen molar-refractivity contribution in [3.05, 3.63) is 35.9 Å². The first-order chi connectivity index (χ1) is 6.63. The summed E-state index contributed by atoms with van der Waals surface area (Å²) < 4.78 is 0. The zero-order valence-electron chi connectivity index (χ0n) is 9.14. The summed E-state index contributed by atoms with van der Waals surface area (Å²) in [6.07, 6.45) is -0.323. The Kier molecular flexibility index (Phi) is 7.07. The van der Waals surface area contributed by atoms with Crippen molar-refractivity contribution in [2.45, 2.75) is 26.9 Å². The molecule has 0 aliphatic rings. The van der Waals surface area contributed by atoms with E-state index >= 15 is 0 Å². The molecule has 1 unspecified atom stereocenters. The van der Waals surface area contributed by atoms with E-state index in [1.54, 1.807) is 6.92 Å². The minimum atomic E-state index is -0.323. The standard InChI is InChI=1S/C10H14O.C2H6O/c1-8(2)10(11)9-6-4-3-5-7-9;1-2-3/h3-8,10-11H,1-2H3;3H,2H2,1H3. The zero-order valence-corrected chi connectivity index (χ0v) is 9.14. The van der Waals surface area contributed by atoms with Crippen LogP contribution in [0, 0.1) is 5.92 Å². The fraction of sp³-hybridized carbons (Fsp3) is 0.500. The molecule has 0 amide bonds. The predicted molar refractivity (Wildman–Crippen MR) is 59.0 cm³/mol. The smallest absolute Gasteiger partial charge is 0.0812 e. The molecule has 0 radical (unpaired) electrons. The zero-order chi connectivity index (χ0) is 11.0. The molecule has 0 saturated carbocycles. The van der Waals surface area contributed by atoms with Crippen molar-refractivity contribution in [3.63, 3.8) is 0 Å². The van der Waals surface area contributed by atoms with Crippen LogP contribution in [0.4, 0.5) is 0 Å². The van der Waals surface area contributed by atoms with Crippen LogP contribution in [0.5, 0.6) is 0 Å². The summed E-state index contributed by atoms with van der Waals surface area (Å²) >= 11 is 0. The molecule has 2 N–H and O–H groups in total. The van der Waals surface area contributed by atoms with E-state index < -0.39 is 0 Å². The third-order valence-electron chi connectivity index (χ3n) is 1.77. The third kappa shape index (κ3) is 5.00. The van der Waals surface area contributed by atoms with Crippen LogP contribution >= 0.6 is 0 Å². The lowest BCUT2D eigenvalue weighted by Crippen LogP contribution is -2.04. The molecule has 2 heteroatoms. The van der Waals surface area contributed by atoms with Crippen LogP contribution in [0.1, 0.15) is 32.4 Å². The highest BCUT2D eigenvalue weighted by Gasteiger charge is 2.09. The van der Waals surface area contributed by atoms with Gasteiger partial charge in [-0.25, -0.2) is 0 Å². The maximum Gasteiger partial charge on any atom is 0.0812 e. The number of aliphatic hydroxyl groups excluding tert-OH is 2. The minimum absolute atomic E-state index is 0.250. The van der Waals surface area contributed by atoms with Crippen LogP contribution in [0.25, 0.3) is 0 Å². The molecule has 0 heterocycles. The lowest BCUT2D eigenvalue weighted by Gasteiger charge is -2.13. The molecular weight excluding hydrogens is 176 g/mol. The van der Waals surface area contributed by atoms with Crippen LogP contribution < -0.4 is 0 Å². The molecule has 1 aromatic carbocycles. The maximum absolute atomic E-state index is 9.60. The molecule has 1 atom stereocenters. The van der Waals surface area contributed by atoms with E-state index in [1.807, 2.05) is 44.2 Å². The third-order valence-corrected chi connectivity index (χ3v) is 1.77. The molecule has 14 heavy (non-hydrogen) atoms. The first-order valence-electron chi connectivity index (χ1n) is 4.97. The minimum Gasteiger partial charge on any atom is -0.397 e. The first kappa shape index (κ1) is 13.1. The highest BCUT2D eigenvalue weighted by Crippen LogP contribution is 2.19. The monoisotopic (exact) mass is 196 g/mol. The molecule has 0 fully saturated rings. The van der Waals surface area contributed by atoms with Gasteiger partial charge >= 0.3 is 0 Å². The van der Waals surface area contributed by atoms with Crippen LogP contribution in [-0.4, -0.2) is 16.8 Å². The van der Waals surface area contributed by atoms with Crippen molar-refractivity contribution in [3.8, 4) is 0 Å². The molecule has 0 bridgehead atoms. The molecule has 80 valence electrons. The fourth-order valence-electron chi connectivity index (χ4n) is 1.04. The van der Waals surface area contributed by atoms with Gasteiger partial charge in [0.1, 0.15) is 0 Å². The molecule has 1 rings (SSSR count). The van der Waals surface area contributed by atoms with Crippen molar-refractivity contribution in [1.82, 2.24) is 0 Å². The summed E-state index contributed by atoms with van der Waals surface area (Å²) in [5.41, 5.74) is 1.00. The van der Waals surface area contributed by atoms with Crippen LogP contribution in [0.15, 0.2) is 30.3 Å². The van der Waals surface area contributed by atoms with E-state index in [0.29, 0.717) is 0 Å². The van der Waals surface area contributed by atoms with Gasteiger partial charge in [-0.1, -0.05) is 44.2 Å². The second kappa shape index (κ2) is 7.54. The van der Waals surface area contributed by atoms with Crippen molar-refractivity contribution in [1.29, 1.82) is 0 Å². The normalized spacial score (nSPS) is 11.9. The van der Waals surface area contributed by atoms with Gasteiger partial charge in [-0.3, -0.25) is 0 Å². The van der Waals surface area contributed by atoms with Crippen molar-refractivity contribution >= 4 is 0 Å². The summed E-state index contributed by atoms with van der Waals surface area (Å²) in [4.78, 5) is 0. The number of benzene rings is 1. The summed E-state index contributed by atoms with van der Waals surface area (Å²) in [6.45, 7) is 5.95. The average molecular weight is 196 g/mol. The fourth-order valence-corrected chi connectivity index (χ4v) is 1.04. The summed E-state index contributed by atoms with van der Waals surface area (Å²) in [6, 6.07) is 9.74. The van der Waals surface area contributed by atoms with Crippen molar-refractivity contribution < 1.29 is 10.2 Å². The number of aliphatic hydroxyl groups is 2. The Hall–Kier alpha value is -0.860. The van der Waals surface area contributed by atoms with Gasteiger partial charge in [-0.2, -0.15) is 0 Å². The van der Waals surface area contributed by atoms with E-state index in [0.717, 1.165) is 5.56 Å². The van der Waals surface area contributed by atoms with Crippen LogP contribution in [0.2, 0.25) is 0 Å². The number of hydrogen-bond donors (Lipinski definition) is 2. The van der Waals surface area contributed by atoms with Crippen LogP contribution in [-0.2, 0) is 0 Å². The number of hydrogen-bond acceptors (Lipinski definition) is 2. The van der Waals surface area contributed by atoms with E-state index in [2.05, 4.69) is 0 Å². The molecule has 0 aliphatic heterocycles. The summed E-state index contributed by atoms with van der Waals surface area (Å²) in [5.74, 6) is 0.289. The Labute approximate surface area is 86.2 Å². The quantitative estimate of drug-likeness (QED) is 0.762. The first-order valence-corrected chi connectivity index (χ1v) is 4.97. The molecule has 0 saturated heterocycles. The Morgan fingerprint density at radius 1 is 1.14 bits per heavy atom. The van der Waals surface area contributed by atoms with E-state index in [9.17, 15) is 5.11 Å². The molecule has 1 aromatic rings. The van der Waals surface area contributed by atoms with Crippen molar-refractivity contribution in [2.75, 3.05) is 6.61 Å². The Bertz CT molecular complexity index is 219. The van der Waals surface area contributed by atoms with Gasteiger partial charge in [0.15, 0.2) is 0 Å². The van der Waals surface area contributed by atoms with E-state index in [4.69, 9.17) is 5.11 Å². The molecule has 0 spiro atoms. The highest BCUT2D eigenvalue weighted by molar-refractivity contribution is 5.17. The Morgan fingerprint density at radius 3 is 1.93 bits per heavy atom. The Balaban J connectivity index is 0.000000500. The lowest BCUT2D eigenvalue weighted by molar-refractivity contribution is 0.127.